The Balaban J connectivity index is 0.000000108. The van der Waals surface area contributed by atoms with E-state index in [0.29, 0.717) is 84.9 Å². The number of phenolic OH excluding ortho intramolecular Hbond substituents is 1. The molecule has 0 aliphatic carbocycles. The van der Waals surface area contributed by atoms with E-state index in [1.165, 1.54) is 68.6 Å². The zero-order valence-corrected chi connectivity index (χ0v) is 63.7. The van der Waals surface area contributed by atoms with Gasteiger partial charge in [0.1, 0.15) is 34.5 Å². The molecule has 20 rings (SSSR count). The Labute approximate surface area is 642 Å². The number of Topliss-reactive ketones (excluding diaryl/α,β-unsaturated/α-hetero) is 1. The standard InChI is InChI=1S/C23H22N2O4.C23H26N2O2.C23H21NO4.C22H24N2O3/c1-12-3-4-14-15(7-12)16-8-13(11-26)20(29-2)9-17(16)18-10-25-19(5-6-21(25)27)23(24-28)22(14)18;1-13-5-6-15-16(8-13)17-9-14(12-26)21(27-2)10-18(17)19-11-25-7-3-4-20(25)23(24)22(15)19;1-12-3-4-14-15(7-12)16-8-13(11-25)20(28-2)9-17(16)18-10-24-19(5-6-21(24)26)23(27)22(14)18;1-27-20-9-17-15(7-12(20)11-25)16-8-13(26)4-5-14(16)21-18(17)10-24-6-2-3-19(24)22(21)23/h3-4,7-9,19,26,28H,5-6,10-11H2,1-2H3;5-6,8-10,20,23,26H,3-4,7,11-12,24H2,1-2H3;3-4,7-9,19,25H,5-6,10-11H2,1-2H3;4-5,7-9,19,22,25-26H,2-3,6,10-11,23H2,1H3/t19-;20-,23?;19-;19-,22?/m0000/s1. The van der Waals surface area contributed by atoms with Crippen LogP contribution in [0.4, 0.5) is 0 Å². The molecule has 4 saturated heterocycles. The number of aliphatic hydroxyl groups is 4. The van der Waals surface area contributed by atoms with Crippen LogP contribution in [0.25, 0.3) is 86.2 Å². The van der Waals surface area contributed by atoms with E-state index in [0.717, 1.165) is 147 Å². The van der Waals surface area contributed by atoms with Crippen LogP contribution in [-0.4, -0.2) is 139 Å². The van der Waals surface area contributed by atoms with E-state index >= 15 is 0 Å². The number of rotatable bonds is 8. The molecule has 20 heteroatoms. The van der Waals surface area contributed by atoms with Crippen molar-refractivity contribution < 1.29 is 64.1 Å². The van der Waals surface area contributed by atoms with E-state index in [9.17, 15) is 45.1 Å². The summed E-state index contributed by atoms with van der Waals surface area (Å²) in [5.74, 6) is 3.02. The number of nitrogens with two attached hydrogens (primary N) is 2. The van der Waals surface area contributed by atoms with E-state index in [1.807, 2.05) is 79.4 Å². The molecule has 2 amide bonds. The molecule has 12 aromatic rings. The number of aliphatic hydroxyl groups excluding tert-OH is 4. The molecule has 0 aromatic heterocycles. The Kier molecular flexibility index (Phi) is 19.1. The summed E-state index contributed by atoms with van der Waals surface area (Å²) in [6.45, 7) is 10.7. The number of benzene rings is 12. The molecule has 6 atom stereocenters. The second kappa shape index (κ2) is 29.0. The van der Waals surface area contributed by atoms with Gasteiger partial charge in [0.25, 0.3) is 0 Å². The Bertz CT molecular complexity index is 5790. The first kappa shape index (κ1) is 73.3. The van der Waals surface area contributed by atoms with Gasteiger partial charge in [-0.15, -0.1) is 0 Å². The number of hydrogen-bond acceptors (Lipinski definition) is 18. The molecule has 10 N–H and O–H groups in total. The lowest BCUT2D eigenvalue weighted by atomic mass is 9.82. The van der Waals surface area contributed by atoms with Gasteiger partial charge in [-0.1, -0.05) is 82.5 Å². The number of oxime groups is 1. The highest BCUT2D eigenvalue weighted by Gasteiger charge is 2.45. The van der Waals surface area contributed by atoms with Crippen molar-refractivity contribution in [1.82, 2.24) is 19.6 Å². The van der Waals surface area contributed by atoms with Crippen molar-refractivity contribution >= 4 is 109 Å². The molecule has 0 spiro atoms. The number of nitrogens with zero attached hydrogens (tertiary/aromatic N) is 5. The van der Waals surface area contributed by atoms with Gasteiger partial charge < -0.3 is 71.0 Å². The number of amides is 2. The van der Waals surface area contributed by atoms with Crippen LogP contribution in [-0.2, 0) is 62.2 Å². The molecule has 111 heavy (non-hydrogen) atoms. The molecule has 0 saturated carbocycles. The zero-order valence-electron chi connectivity index (χ0n) is 63.7. The molecule has 8 heterocycles. The van der Waals surface area contributed by atoms with Crippen molar-refractivity contribution in [2.24, 2.45) is 16.6 Å². The minimum Gasteiger partial charge on any atom is -0.508 e. The van der Waals surface area contributed by atoms with E-state index in [1.54, 1.807) is 45.5 Å². The number of ketones is 1. The van der Waals surface area contributed by atoms with Gasteiger partial charge in [0.15, 0.2) is 5.78 Å². The Morgan fingerprint density at radius 2 is 0.757 bits per heavy atom. The summed E-state index contributed by atoms with van der Waals surface area (Å²) in [6.07, 6.45) is 6.86. The fraction of sp³-hybridized carbons (Fsp3) is 0.341. The van der Waals surface area contributed by atoms with Gasteiger partial charge in [0.05, 0.1) is 67.0 Å². The topological polar surface area (TPSA) is 287 Å². The van der Waals surface area contributed by atoms with Crippen molar-refractivity contribution in [3.63, 3.8) is 0 Å². The van der Waals surface area contributed by atoms with E-state index < -0.39 is 0 Å². The minimum absolute atomic E-state index is 0.0305. The molecule has 0 radical (unpaired) electrons. The molecule has 8 aliphatic rings. The summed E-state index contributed by atoms with van der Waals surface area (Å²) in [4.78, 5) is 46.8. The maximum absolute atomic E-state index is 13.4. The first-order valence-corrected chi connectivity index (χ1v) is 38.6. The summed E-state index contributed by atoms with van der Waals surface area (Å²) >= 11 is 0. The molecular weight excluding hydrogens is 1400 g/mol. The molecule has 12 aromatic carbocycles. The van der Waals surface area contributed by atoms with Crippen molar-refractivity contribution in [1.29, 1.82) is 0 Å². The van der Waals surface area contributed by atoms with Crippen molar-refractivity contribution in [3.8, 4) is 28.7 Å². The van der Waals surface area contributed by atoms with Gasteiger partial charge in [-0.3, -0.25) is 24.2 Å². The summed E-state index contributed by atoms with van der Waals surface area (Å²) in [5.41, 5.74) is 29.2. The number of ether oxygens (including phenoxy) is 4. The predicted molar refractivity (Wildman–Crippen MR) is 432 cm³/mol. The Hall–Kier alpha value is -10.5. The zero-order chi connectivity index (χ0) is 77.3. The van der Waals surface area contributed by atoms with Crippen LogP contribution in [0.2, 0.25) is 0 Å². The van der Waals surface area contributed by atoms with E-state index in [2.05, 4.69) is 70.4 Å². The van der Waals surface area contributed by atoms with Crippen LogP contribution >= 0.6 is 0 Å². The average Bonchev–Trinajstić information content (AvgIpc) is 1.70. The number of hydrogen-bond donors (Lipinski definition) is 8. The van der Waals surface area contributed by atoms with Gasteiger partial charge >= 0.3 is 0 Å². The Morgan fingerprint density at radius 1 is 0.405 bits per heavy atom. The van der Waals surface area contributed by atoms with Gasteiger partial charge in [0.2, 0.25) is 11.8 Å². The molecular formula is C91H93N7O13. The fourth-order valence-electron chi connectivity index (χ4n) is 20.1. The summed E-state index contributed by atoms with van der Waals surface area (Å²) in [5, 5.41) is 79.8. The van der Waals surface area contributed by atoms with Gasteiger partial charge in [-0.25, -0.2) is 0 Å². The third kappa shape index (κ3) is 11.9. The van der Waals surface area contributed by atoms with Crippen LogP contribution < -0.4 is 30.4 Å². The second-order valence-electron chi connectivity index (χ2n) is 31.3. The third-order valence-corrected chi connectivity index (χ3v) is 25.3. The second-order valence-corrected chi connectivity index (χ2v) is 31.3. The Morgan fingerprint density at radius 3 is 1.17 bits per heavy atom. The number of phenols is 1. The van der Waals surface area contributed by atoms with Gasteiger partial charge in [-0.2, -0.15) is 0 Å². The quantitative estimate of drug-likeness (QED) is 0.0398. The normalized spacial score (nSPS) is 20.7. The van der Waals surface area contributed by atoms with Crippen molar-refractivity contribution in [3.05, 3.63) is 205 Å². The maximum atomic E-state index is 13.4. The van der Waals surface area contributed by atoms with Crippen LogP contribution in [0.3, 0.4) is 0 Å². The number of aryl methyl sites for hydroxylation is 3. The first-order valence-electron chi connectivity index (χ1n) is 38.6. The van der Waals surface area contributed by atoms with E-state index in [4.69, 9.17) is 30.4 Å². The molecule has 20 nitrogen and oxygen atoms in total. The number of methoxy groups -OCH3 is 4. The summed E-state index contributed by atoms with van der Waals surface area (Å²) in [7, 11) is 6.45. The van der Waals surface area contributed by atoms with Crippen molar-refractivity contribution in [2.45, 2.75) is 161 Å². The number of aromatic hydroxyl groups is 1. The number of carbonyl (C=O) groups excluding carboxylic acids is 3. The predicted octanol–water partition coefficient (Wildman–Crippen LogP) is 13.9. The summed E-state index contributed by atoms with van der Waals surface area (Å²) < 4.78 is 22.1. The molecule has 2 unspecified atom stereocenters. The van der Waals surface area contributed by atoms with Crippen molar-refractivity contribution in [2.75, 3.05) is 41.5 Å². The molecule has 4 fully saturated rings. The first-order chi connectivity index (χ1) is 53.8. The summed E-state index contributed by atoms with van der Waals surface area (Å²) in [6, 6.07) is 40.7. The highest BCUT2D eigenvalue weighted by molar-refractivity contribution is 6.25. The number of fused-ring (bicyclic) bond motifs is 28. The fourth-order valence-corrected chi connectivity index (χ4v) is 20.1. The number of carbonyl (C=O) groups is 3. The van der Waals surface area contributed by atoms with Crippen LogP contribution in [0.15, 0.2) is 126 Å². The van der Waals surface area contributed by atoms with Crippen LogP contribution in [0, 0.1) is 20.8 Å². The molecule has 0 bridgehead atoms. The highest BCUT2D eigenvalue weighted by Crippen LogP contribution is 2.50. The maximum Gasteiger partial charge on any atom is 0.223 e. The van der Waals surface area contributed by atoms with Crippen LogP contribution in [0.1, 0.15) is 152 Å². The van der Waals surface area contributed by atoms with E-state index in [-0.39, 0.29) is 73.9 Å². The van der Waals surface area contributed by atoms with Gasteiger partial charge in [0, 0.05) is 96.6 Å². The lowest BCUT2D eigenvalue weighted by Crippen LogP contribution is -2.43. The monoisotopic (exact) mass is 1490 g/mol. The lowest BCUT2D eigenvalue weighted by Gasteiger charge is -2.38. The van der Waals surface area contributed by atoms with Crippen LogP contribution in [0.5, 0.6) is 28.7 Å². The average molecular weight is 1490 g/mol. The SMILES string of the molecule is COc1cc2c3c(c4ccc(C)cc4c2cc1CO)C(=NO)[C@@H]1CCC(=O)N1C3.COc1cc2c3c(c4ccc(C)cc4c2cc1CO)C(=O)[C@@H]1CCC(=O)N1C3.COc1cc2c3c(c4ccc(C)cc4c2cc1CO)C(N)[C@@H]1CCCN1C3.COc1cc2c3c(c4ccc(O)cc4c2cc1CO)C(N)[C@@H]1CCCN1C3. The highest BCUT2D eigenvalue weighted by atomic mass is 16.5. The van der Waals surface area contributed by atoms with Gasteiger partial charge in [-0.05, 0) is 253 Å². The molecule has 8 aliphatic heterocycles. The third-order valence-electron chi connectivity index (χ3n) is 25.3. The smallest absolute Gasteiger partial charge is 0.223 e. The lowest BCUT2D eigenvalue weighted by molar-refractivity contribution is -0.129. The molecule has 570 valence electrons. The minimum atomic E-state index is -0.347. The largest absolute Gasteiger partial charge is 0.508 e.